The minimum absolute atomic E-state index is 0.465. The Morgan fingerprint density at radius 2 is 1.32 bits per heavy atom. The predicted octanol–water partition coefficient (Wildman–Crippen LogP) is 6.93. The van der Waals surface area contributed by atoms with Gasteiger partial charge in [-0.1, -0.05) is 75.7 Å². The average Bonchev–Trinajstić information content (AvgIpc) is 2.76. The summed E-state index contributed by atoms with van der Waals surface area (Å²) in [5.74, 6) is 0.929. The molecular formula is C27H34N2OS. The molecule has 0 saturated heterocycles. The van der Waals surface area contributed by atoms with Gasteiger partial charge in [0.05, 0.1) is 21.4 Å². The first-order valence-electron chi connectivity index (χ1n) is 11.1. The highest BCUT2D eigenvalue weighted by Crippen LogP contribution is 2.32. The molecule has 0 saturated carbocycles. The SMILES string of the molecule is Cc1ccc(S(=O)c2ccccc2NCCNc2c(C(C)C)cccc2C(C)C)cc1. The maximum Gasteiger partial charge on any atom is 0.0870 e. The molecule has 3 aromatic carbocycles. The first kappa shape index (κ1) is 23.1. The van der Waals surface area contributed by atoms with Crippen LogP contribution in [0.1, 0.15) is 56.2 Å². The molecule has 3 aromatic rings. The van der Waals surface area contributed by atoms with Crippen LogP contribution in [-0.2, 0) is 10.8 Å². The third-order valence-corrected chi connectivity index (χ3v) is 6.89. The van der Waals surface area contributed by atoms with Crippen LogP contribution in [0.25, 0.3) is 0 Å². The second-order valence-corrected chi connectivity index (χ2v) is 10.0. The zero-order valence-corrected chi connectivity index (χ0v) is 20.1. The van der Waals surface area contributed by atoms with Crippen LogP contribution in [-0.4, -0.2) is 17.3 Å². The second kappa shape index (κ2) is 10.6. The second-order valence-electron chi connectivity index (χ2n) is 8.55. The van der Waals surface area contributed by atoms with Crippen LogP contribution >= 0.6 is 0 Å². The Morgan fingerprint density at radius 3 is 1.94 bits per heavy atom. The van der Waals surface area contributed by atoms with Gasteiger partial charge in [0.2, 0.25) is 0 Å². The van der Waals surface area contributed by atoms with E-state index in [1.165, 1.54) is 22.4 Å². The maximum atomic E-state index is 13.1. The highest BCUT2D eigenvalue weighted by Gasteiger charge is 2.14. The van der Waals surface area contributed by atoms with Crippen LogP contribution in [0.3, 0.4) is 0 Å². The third-order valence-electron chi connectivity index (χ3n) is 5.44. The lowest BCUT2D eigenvalue weighted by molar-refractivity contribution is 0.683. The summed E-state index contributed by atoms with van der Waals surface area (Å²) in [7, 11) is -1.21. The van der Waals surface area contributed by atoms with Gasteiger partial charge in [-0.25, -0.2) is 4.21 Å². The molecule has 164 valence electrons. The molecule has 1 atom stereocenters. The van der Waals surface area contributed by atoms with E-state index in [-0.39, 0.29) is 0 Å². The average molecular weight is 435 g/mol. The van der Waals surface area contributed by atoms with Crippen LogP contribution < -0.4 is 10.6 Å². The predicted molar refractivity (Wildman–Crippen MR) is 134 cm³/mol. The van der Waals surface area contributed by atoms with E-state index in [4.69, 9.17) is 0 Å². The minimum Gasteiger partial charge on any atom is -0.383 e. The van der Waals surface area contributed by atoms with Gasteiger partial charge in [-0.2, -0.15) is 0 Å². The van der Waals surface area contributed by atoms with Crippen molar-refractivity contribution in [2.45, 2.75) is 56.2 Å². The van der Waals surface area contributed by atoms with Crippen molar-refractivity contribution in [3.05, 3.63) is 83.4 Å². The highest BCUT2D eigenvalue weighted by molar-refractivity contribution is 7.85. The molecule has 0 spiro atoms. The van der Waals surface area contributed by atoms with E-state index in [2.05, 4.69) is 56.5 Å². The summed E-state index contributed by atoms with van der Waals surface area (Å²) in [6, 6.07) is 22.4. The fraction of sp³-hybridized carbons (Fsp3) is 0.333. The number of rotatable bonds is 9. The van der Waals surface area contributed by atoms with Crippen LogP contribution in [0, 0.1) is 6.92 Å². The molecule has 31 heavy (non-hydrogen) atoms. The lowest BCUT2D eigenvalue weighted by Gasteiger charge is -2.21. The Hall–Kier alpha value is -2.59. The van der Waals surface area contributed by atoms with Crippen molar-refractivity contribution in [2.75, 3.05) is 23.7 Å². The molecule has 0 aliphatic heterocycles. The largest absolute Gasteiger partial charge is 0.383 e. The molecule has 0 fully saturated rings. The highest BCUT2D eigenvalue weighted by atomic mass is 32.2. The molecule has 3 nitrogen and oxygen atoms in total. The van der Waals surface area contributed by atoms with Crippen LogP contribution in [0.5, 0.6) is 0 Å². The molecule has 1 unspecified atom stereocenters. The Kier molecular flexibility index (Phi) is 7.91. The van der Waals surface area contributed by atoms with Gasteiger partial charge in [-0.15, -0.1) is 0 Å². The zero-order chi connectivity index (χ0) is 22.4. The summed E-state index contributed by atoms with van der Waals surface area (Å²) >= 11 is 0. The summed E-state index contributed by atoms with van der Waals surface area (Å²) < 4.78 is 13.1. The number of anilines is 2. The van der Waals surface area contributed by atoms with Crippen molar-refractivity contribution in [1.29, 1.82) is 0 Å². The summed E-state index contributed by atoms with van der Waals surface area (Å²) in [6.45, 7) is 12.5. The van der Waals surface area contributed by atoms with E-state index in [0.717, 1.165) is 28.6 Å². The number of aryl methyl sites for hydroxylation is 1. The van der Waals surface area contributed by atoms with Gasteiger partial charge in [-0.05, 0) is 54.2 Å². The quantitative estimate of drug-likeness (QED) is 0.359. The summed E-state index contributed by atoms with van der Waals surface area (Å²) in [5, 5.41) is 7.15. The van der Waals surface area contributed by atoms with Crippen molar-refractivity contribution in [3.8, 4) is 0 Å². The van der Waals surface area contributed by atoms with Crippen molar-refractivity contribution < 1.29 is 4.21 Å². The van der Waals surface area contributed by atoms with Gasteiger partial charge >= 0.3 is 0 Å². The van der Waals surface area contributed by atoms with Gasteiger partial charge in [0.1, 0.15) is 0 Å². The lowest BCUT2D eigenvalue weighted by Crippen LogP contribution is -2.17. The zero-order valence-electron chi connectivity index (χ0n) is 19.2. The van der Waals surface area contributed by atoms with Crippen molar-refractivity contribution in [3.63, 3.8) is 0 Å². The molecule has 0 radical (unpaired) electrons. The van der Waals surface area contributed by atoms with Crippen LogP contribution in [0.4, 0.5) is 11.4 Å². The number of hydrogen-bond donors (Lipinski definition) is 2. The van der Waals surface area contributed by atoms with Gasteiger partial charge in [0, 0.05) is 23.7 Å². The fourth-order valence-electron chi connectivity index (χ4n) is 3.70. The molecule has 4 heteroatoms. The Morgan fingerprint density at radius 1 is 0.742 bits per heavy atom. The molecule has 0 aliphatic carbocycles. The monoisotopic (exact) mass is 434 g/mol. The molecule has 0 aromatic heterocycles. The van der Waals surface area contributed by atoms with E-state index in [0.29, 0.717) is 11.8 Å². The van der Waals surface area contributed by atoms with Gasteiger partial charge in [0.25, 0.3) is 0 Å². The van der Waals surface area contributed by atoms with E-state index in [1.807, 2.05) is 55.5 Å². The molecule has 0 heterocycles. The smallest absolute Gasteiger partial charge is 0.0870 e. The lowest BCUT2D eigenvalue weighted by atomic mass is 9.92. The normalized spacial score (nSPS) is 12.2. The Balaban J connectivity index is 1.70. The van der Waals surface area contributed by atoms with Gasteiger partial charge in [-0.3, -0.25) is 0 Å². The summed E-state index contributed by atoms with van der Waals surface area (Å²) in [5.41, 5.74) is 6.05. The number of para-hydroxylation sites is 2. The van der Waals surface area contributed by atoms with E-state index < -0.39 is 10.8 Å². The van der Waals surface area contributed by atoms with Gasteiger partial charge < -0.3 is 10.6 Å². The maximum absolute atomic E-state index is 13.1. The third kappa shape index (κ3) is 5.76. The van der Waals surface area contributed by atoms with Crippen LogP contribution in [0.15, 0.2) is 76.5 Å². The molecule has 0 aliphatic rings. The van der Waals surface area contributed by atoms with Crippen LogP contribution in [0.2, 0.25) is 0 Å². The van der Waals surface area contributed by atoms with E-state index in [9.17, 15) is 4.21 Å². The van der Waals surface area contributed by atoms with Gasteiger partial charge in [0.15, 0.2) is 0 Å². The minimum atomic E-state index is -1.21. The van der Waals surface area contributed by atoms with E-state index >= 15 is 0 Å². The van der Waals surface area contributed by atoms with Crippen molar-refractivity contribution in [1.82, 2.24) is 0 Å². The van der Waals surface area contributed by atoms with E-state index in [1.54, 1.807) is 0 Å². The molecule has 0 amide bonds. The Bertz CT molecular complexity index is 999. The number of benzene rings is 3. The molecule has 3 rings (SSSR count). The topological polar surface area (TPSA) is 41.1 Å². The number of hydrogen-bond acceptors (Lipinski definition) is 3. The van der Waals surface area contributed by atoms with Crippen molar-refractivity contribution >= 4 is 22.2 Å². The molecule has 2 N–H and O–H groups in total. The number of nitrogens with one attached hydrogen (secondary N) is 2. The first-order valence-corrected chi connectivity index (χ1v) is 12.2. The molecule has 0 bridgehead atoms. The molecular weight excluding hydrogens is 400 g/mol. The Labute approximate surface area is 189 Å². The standard InChI is InChI=1S/C27H34N2OS/c1-19(2)23-9-8-10-24(20(3)4)27(23)29-18-17-28-25-11-6-7-12-26(25)31(30)22-15-13-21(5)14-16-22/h6-16,19-20,28-29H,17-18H2,1-5H3. The first-order chi connectivity index (χ1) is 14.9. The fourth-order valence-corrected chi connectivity index (χ4v) is 4.88. The summed E-state index contributed by atoms with van der Waals surface area (Å²) in [6.07, 6.45) is 0. The van der Waals surface area contributed by atoms with Crippen molar-refractivity contribution in [2.24, 2.45) is 0 Å². The summed E-state index contributed by atoms with van der Waals surface area (Å²) in [4.78, 5) is 1.64.